The van der Waals surface area contributed by atoms with Crippen molar-refractivity contribution < 1.29 is 0 Å². The van der Waals surface area contributed by atoms with Crippen LogP contribution >= 0.6 is 0 Å². The summed E-state index contributed by atoms with van der Waals surface area (Å²) in [6, 6.07) is 73.2. The molecule has 0 amide bonds. The molecule has 0 fully saturated rings. The van der Waals surface area contributed by atoms with Crippen molar-refractivity contribution in [2.45, 2.75) is 0 Å². The van der Waals surface area contributed by atoms with Crippen molar-refractivity contribution in [1.82, 2.24) is 19.1 Å². The molecule has 4 heteroatoms. The van der Waals surface area contributed by atoms with E-state index < -0.39 is 0 Å². The van der Waals surface area contributed by atoms with Crippen LogP contribution in [0.25, 0.3) is 100 Å². The molecule has 0 aliphatic rings. The molecule has 0 radical (unpaired) electrons. The van der Waals surface area contributed by atoms with Crippen molar-refractivity contribution in [3.8, 4) is 56.4 Å². The van der Waals surface area contributed by atoms with E-state index in [9.17, 15) is 0 Å². The second-order valence-corrected chi connectivity index (χ2v) is 14.2. The molecule has 0 aliphatic carbocycles. The van der Waals surface area contributed by atoms with Gasteiger partial charge >= 0.3 is 0 Å². The normalized spacial score (nSPS) is 11.6. The first-order chi connectivity index (χ1) is 27.8. The third kappa shape index (κ3) is 5.31. The lowest BCUT2D eigenvalue weighted by Gasteiger charge is -2.13. The van der Waals surface area contributed by atoms with Crippen LogP contribution in [-0.2, 0) is 0 Å². The van der Waals surface area contributed by atoms with Crippen molar-refractivity contribution in [2.75, 3.05) is 0 Å². The minimum absolute atomic E-state index is 0.678. The second kappa shape index (κ2) is 13.1. The Balaban J connectivity index is 1.15. The lowest BCUT2D eigenvalue weighted by atomic mass is 10.0. The lowest BCUT2D eigenvalue weighted by molar-refractivity contribution is 1.05. The highest BCUT2D eigenvalue weighted by Crippen LogP contribution is 2.40. The van der Waals surface area contributed by atoms with Crippen molar-refractivity contribution in [2.24, 2.45) is 0 Å². The van der Waals surface area contributed by atoms with Gasteiger partial charge in [0, 0.05) is 44.4 Å². The van der Waals surface area contributed by atoms with E-state index >= 15 is 0 Å². The van der Waals surface area contributed by atoms with Crippen LogP contribution in [0.4, 0.5) is 0 Å². The summed E-state index contributed by atoms with van der Waals surface area (Å²) in [6.07, 6.45) is 0. The predicted molar refractivity (Wildman–Crippen MR) is 232 cm³/mol. The average molecular weight is 715 g/mol. The molecule has 0 aliphatic heterocycles. The van der Waals surface area contributed by atoms with E-state index in [-0.39, 0.29) is 0 Å². The van der Waals surface area contributed by atoms with Crippen LogP contribution < -0.4 is 0 Å². The van der Waals surface area contributed by atoms with Crippen LogP contribution in [0.1, 0.15) is 0 Å². The summed E-state index contributed by atoms with van der Waals surface area (Å²) in [5, 5.41) is 4.76. The SMILES string of the molecule is c1ccc(-c2ccc(-c3cc(-n4c5ccccc5c5cc6c(cc54)c4ccccc4n6-c4ccccc4)nc(-c4ccc(-c5ccccc5)cc4)n3)cc2)cc1. The van der Waals surface area contributed by atoms with E-state index in [1.54, 1.807) is 0 Å². The van der Waals surface area contributed by atoms with E-state index in [0.717, 1.165) is 44.9 Å². The molecular formula is C52H34N4. The summed E-state index contributed by atoms with van der Waals surface area (Å²) < 4.78 is 4.71. The van der Waals surface area contributed by atoms with Gasteiger partial charge in [-0.2, -0.15) is 0 Å². The summed E-state index contributed by atoms with van der Waals surface area (Å²) in [5.41, 5.74) is 13.2. The zero-order chi connectivity index (χ0) is 37.0. The molecule has 0 saturated carbocycles. The van der Waals surface area contributed by atoms with Gasteiger partial charge < -0.3 is 4.57 Å². The standard InChI is InChI=1S/C52H34N4/c1-4-14-35(15-5-1)37-24-28-39(29-25-37)46-34-51(54-52(53-46)40-30-26-38(27-31-40)36-16-6-2-7-17-36)56-48-23-13-11-21-43(48)45-32-49-44(33-50(45)56)42-20-10-12-22-47(42)55(49)41-18-8-3-9-19-41/h1-34H. The minimum Gasteiger partial charge on any atom is -0.309 e. The maximum atomic E-state index is 5.38. The van der Waals surface area contributed by atoms with Gasteiger partial charge in [-0.05, 0) is 58.7 Å². The molecular weight excluding hydrogens is 681 g/mol. The van der Waals surface area contributed by atoms with Gasteiger partial charge in [-0.15, -0.1) is 0 Å². The quantitative estimate of drug-likeness (QED) is 0.172. The Morgan fingerprint density at radius 1 is 0.286 bits per heavy atom. The molecule has 0 unspecified atom stereocenters. The smallest absolute Gasteiger partial charge is 0.162 e. The summed E-state index contributed by atoms with van der Waals surface area (Å²) >= 11 is 0. The Kier molecular flexibility index (Phi) is 7.46. The van der Waals surface area contributed by atoms with Crippen molar-refractivity contribution >= 4 is 43.6 Å². The number of rotatable bonds is 6. The highest BCUT2D eigenvalue weighted by molar-refractivity contribution is 6.19. The Hall–Kier alpha value is -7.56. The second-order valence-electron chi connectivity index (χ2n) is 14.2. The molecule has 8 aromatic carbocycles. The summed E-state index contributed by atoms with van der Waals surface area (Å²) in [4.78, 5) is 10.6. The fourth-order valence-electron chi connectivity index (χ4n) is 8.26. The fraction of sp³-hybridized carbons (Fsp3) is 0. The number of para-hydroxylation sites is 3. The Morgan fingerprint density at radius 2 is 0.714 bits per heavy atom. The van der Waals surface area contributed by atoms with Gasteiger partial charge in [0.05, 0.1) is 27.8 Å². The Morgan fingerprint density at radius 3 is 1.29 bits per heavy atom. The molecule has 0 N–H and O–H groups in total. The fourth-order valence-corrected chi connectivity index (χ4v) is 8.26. The van der Waals surface area contributed by atoms with Gasteiger partial charge in [0.25, 0.3) is 0 Å². The zero-order valence-electron chi connectivity index (χ0n) is 30.4. The van der Waals surface area contributed by atoms with Gasteiger partial charge in [-0.25, -0.2) is 9.97 Å². The maximum Gasteiger partial charge on any atom is 0.162 e. The molecule has 11 aromatic rings. The molecule has 0 atom stereocenters. The molecule has 4 nitrogen and oxygen atoms in total. The van der Waals surface area contributed by atoms with Crippen LogP contribution in [0.3, 0.4) is 0 Å². The number of nitrogens with zero attached hydrogens (tertiary/aromatic N) is 4. The van der Waals surface area contributed by atoms with Crippen molar-refractivity contribution in [3.05, 3.63) is 206 Å². The number of hydrogen-bond donors (Lipinski definition) is 0. The molecule has 262 valence electrons. The van der Waals surface area contributed by atoms with Gasteiger partial charge in [0.1, 0.15) is 5.82 Å². The van der Waals surface area contributed by atoms with Crippen LogP contribution in [0.2, 0.25) is 0 Å². The van der Waals surface area contributed by atoms with Crippen LogP contribution in [0, 0.1) is 0 Å². The van der Waals surface area contributed by atoms with Crippen molar-refractivity contribution in [3.63, 3.8) is 0 Å². The van der Waals surface area contributed by atoms with E-state index in [2.05, 4.69) is 209 Å². The summed E-state index contributed by atoms with van der Waals surface area (Å²) in [7, 11) is 0. The Labute approximate surface area is 324 Å². The first-order valence-corrected chi connectivity index (χ1v) is 19.0. The summed E-state index contributed by atoms with van der Waals surface area (Å²) in [6.45, 7) is 0. The molecule has 3 aromatic heterocycles. The lowest BCUT2D eigenvalue weighted by Crippen LogP contribution is -2.02. The summed E-state index contributed by atoms with van der Waals surface area (Å²) in [5.74, 6) is 1.50. The van der Waals surface area contributed by atoms with Crippen molar-refractivity contribution in [1.29, 1.82) is 0 Å². The van der Waals surface area contributed by atoms with Crippen LogP contribution in [-0.4, -0.2) is 19.1 Å². The van der Waals surface area contributed by atoms with Crippen LogP contribution in [0.15, 0.2) is 206 Å². The van der Waals surface area contributed by atoms with E-state index in [0.29, 0.717) is 5.82 Å². The minimum atomic E-state index is 0.678. The van der Waals surface area contributed by atoms with Gasteiger partial charge in [-0.1, -0.05) is 164 Å². The zero-order valence-corrected chi connectivity index (χ0v) is 30.4. The molecule has 0 saturated heterocycles. The third-order valence-electron chi connectivity index (χ3n) is 11.0. The molecule has 3 heterocycles. The first-order valence-electron chi connectivity index (χ1n) is 19.0. The largest absolute Gasteiger partial charge is 0.309 e. The van der Waals surface area contributed by atoms with Gasteiger partial charge in [0.2, 0.25) is 0 Å². The third-order valence-corrected chi connectivity index (χ3v) is 11.0. The van der Waals surface area contributed by atoms with E-state index in [1.807, 2.05) is 6.07 Å². The first kappa shape index (κ1) is 31.9. The van der Waals surface area contributed by atoms with Gasteiger partial charge in [-0.3, -0.25) is 4.57 Å². The average Bonchev–Trinajstić information content (AvgIpc) is 3.78. The topological polar surface area (TPSA) is 35.6 Å². The van der Waals surface area contributed by atoms with Gasteiger partial charge in [0.15, 0.2) is 5.82 Å². The van der Waals surface area contributed by atoms with E-state index in [1.165, 1.54) is 49.3 Å². The number of aromatic nitrogens is 4. The molecule has 0 bridgehead atoms. The molecule has 11 rings (SSSR count). The Bertz CT molecular complexity index is 3100. The van der Waals surface area contributed by atoms with E-state index in [4.69, 9.17) is 9.97 Å². The highest BCUT2D eigenvalue weighted by Gasteiger charge is 2.20. The number of hydrogen-bond acceptors (Lipinski definition) is 2. The van der Waals surface area contributed by atoms with Crippen LogP contribution in [0.5, 0.6) is 0 Å². The predicted octanol–water partition coefficient (Wildman–Crippen LogP) is 13.3. The molecule has 56 heavy (non-hydrogen) atoms. The molecule has 0 spiro atoms. The number of fused-ring (bicyclic) bond motifs is 6. The monoisotopic (exact) mass is 714 g/mol. The highest BCUT2D eigenvalue weighted by atomic mass is 15.1. The maximum absolute atomic E-state index is 5.38. The number of benzene rings is 8.